The van der Waals surface area contributed by atoms with E-state index in [1.54, 1.807) is 6.92 Å². The van der Waals surface area contributed by atoms with Gasteiger partial charge in [0, 0.05) is 31.1 Å². The predicted molar refractivity (Wildman–Crippen MR) is 143 cm³/mol. The summed E-state index contributed by atoms with van der Waals surface area (Å²) in [5.41, 5.74) is -0.433. The molecule has 0 bridgehead atoms. The highest BCUT2D eigenvalue weighted by Gasteiger charge is 2.36. The molecule has 0 aliphatic carbocycles. The number of hydrogen-bond donors (Lipinski definition) is 2. The van der Waals surface area contributed by atoms with Crippen LogP contribution in [0.2, 0.25) is 0 Å². The topological polar surface area (TPSA) is 90.3 Å². The monoisotopic (exact) mass is 504 g/mol. The number of aliphatic hydroxyl groups is 1. The fraction of sp³-hybridized carbons (Fsp3) is 0.724. The first-order chi connectivity index (χ1) is 17.1. The van der Waals surface area contributed by atoms with Gasteiger partial charge in [-0.3, -0.25) is 9.59 Å². The minimum Gasteiger partial charge on any atom is -0.490 e. The van der Waals surface area contributed by atoms with Crippen molar-refractivity contribution in [3.63, 3.8) is 0 Å². The minimum absolute atomic E-state index is 0.0386. The van der Waals surface area contributed by atoms with Crippen molar-refractivity contribution in [3.8, 4) is 5.75 Å². The van der Waals surface area contributed by atoms with Gasteiger partial charge in [0.05, 0.1) is 17.6 Å². The highest BCUT2D eigenvalue weighted by molar-refractivity contribution is 5.79. The summed E-state index contributed by atoms with van der Waals surface area (Å²) in [6.07, 6.45) is 6.38. The summed E-state index contributed by atoms with van der Waals surface area (Å²) in [6.45, 7) is 10.3. The molecule has 7 heteroatoms. The number of para-hydroxylation sites is 1. The summed E-state index contributed by atoms with van der Waals surface area (Å²) in [5.74, 6) is 0.0435. The molecule has 0 radical (unpaired) electrons. The fourth-order valence-corrected chi connectivity index (χ4v) is 5.43. The van der Waals surface area contributed by atoms with E-state index in [0.717, 1.165) is 45.2 Å². The number of carbonyl (C=O) groups excluding carboxylic acids is 1. The van der Waals surface area contributed by atoms with Crippen LogP contribution in [-0.4, -0.2) is 70.7 Å². The smallest absolute Gasteiger partial charge is 0.303 e. The average molecular weight is 505 g/mol. The van der Waals surface area contributed by atoms with E-state index >= 15 is 0 Å². The molecule has 1 aromatic rings. The van der Waals surface area contributed by atoms with Crippen LogP contribution in [0.25, 0.3) is 0 Å². The van der Waals surface area contributed by atoms with Crippen LogP contribution in [0.3, 0.4) is 0 Å². The van der Waals surface area contributed by atoms with Crippen LogP contribution in [-0.2, 0) is 15.2 Å². The molecule has 2 rings (SSSR count). The van der Waals surface area contributed by atoms with Crippen LogP contribution in [0.15, 0.2) is 24.3 Å². The molecule has 1 aliphatic rings. The molecule has 0 aromatic heterocycles. The second-order valence-electron chi connectivity index (χ2n) is 10.6. The van der Waals surface area contributed by atoms with Crippen LogP contribution in [0.5, 0.6) is 5.75 Å². The Bertz CT molecular complexity index is 828. The Labute approximate surface area is 217 Å². The Morgan fingerprint density at radius 3 is 2.61 bits per heavy atom. The van der Waals surface area contributed by atoms with E-state index in [-0.39, 0.29) is 24.3 Å². The third kappa shape index (κ3) is 8.77. The molecule has 4 unspecified atom stereocenters. The lowest BCUT2D eigenvalue weighted by Gasteiger charge is -2.40. The van der Waals surface area contributed by atoms with E-state index in [1.165, 1.54) is 0 Å². The van der Waals surface area contributed by atoms with E-state index in [9.17, 15) is 14.7 Å². The third-order valence-electron chi connectivity index (χ3n) is 7.42. The van der Waals surface area contributed by atoms with E-state index < -0.39 is 11.6 Å². The standard InChI is InChI=1S/C29H48N2O5/c1-6-12-25-23(13-10-20-30(25)5)28(34)31(19-7-2)21-11-18-29(4,35)24-14-8-9-15-26(24)36-22(3)16-17-27(32)33/h8-9,14-15,22-23,25,35H,6-7,10-13,16-21H2,1-5H3,(H,32,33). The summed E-state index contributed by atoms with van der Waals surface area (Å²) < 4.78 is 6.02. The molecular weight excluding hydrogens is 456 g/mol. The number of ether oxygens (including phenoxy) is 1. The van der Waals surface area contributed by atoms with Gasteiger partial charge in [-0.2, -0.15) is 0 Å². The lowest BCUT2D eigenvalue weighted by Crippen LogP contribution is -2.50. The van der Waals surface area contributed by atoms with Crippen LogP contribution >= 0.6 is 0 Å². The Hall–Kier alpha value is -2.12. The van der Waals surface area contributed by atoms with Gasteiger partial charge in [0.25, 0.3) is 0 Å². The van der Waals surface area contributed by atoms with Crippen molar-refractivity contribution in [1.82, 2.24) is 9.80 Å². The van der Waals surface area contributed by atoms with Crippen molar-refractivity contribution in [2.24, 2.45) is 5.92 Å². The summed E-state index contributed by atoms with van der Waals surface area (Å²) >= 11 is 0. The molecule has 4 atom stereocenters. The molecule has 7 nitrogen and oxygen atoms in total. The maximum Gasteiger partial charge on any atom is 0.303 e. The van der Waals surface area contributed by atoms with Gasteiger partial charge in [0.2, 0.25) is 5.91 Å². The first-order valence-corrected chi connectivity index (χ1v) is 13.8. The van der Waals surface area contributed by atoms with E-state index in [0.29, 0.717) is 43.2 Å². The molecule has 1 fully saturated rings. The van der Waals surface area contributed by atoms with E-state index in [2.05, 4.69) is 25.8 Å². The Morgan fingerprint density at radius 1 is 1.22 bits per heavy atom. The molecule has 1 saturated heterocycles. The summed E-state index contributed by atoms with van der Waals surface area (Å²) in [5, 5.41) is 20.3. The van der Waals surface area contributed by atoms with Crippen molar-refractivity contribution < 1.29 is 24.5 Å². The van der Waals surface area contributed by atoms with Crippen LogP contribution < -0.4 is 4.74 Å². The van der Waals surface area contributed by atoms with Gasteiger partial charge in [0.1, 0.15) is 5.75 Å². The highest BCUT2D eigenvalue weighted by atomic mass is 16.5. The highest BCUT2D eigenvalue weighted by Crippen LogP contribution is 2.34. The van der Waals surface area contributed by atoms with Crippen molar-refractivity contribution in [2.75, 3.05) is 26.7 Å². The van der Waals surface area contributed by atoms with Gasteiger partial charge in [0.15, 0.2) is 0 Å². The second-order valence-corrected chi connectivity index (χ2v) is 10.6. The summed E-state index contributed by atoms with van der Waals surface area (Å²) in [6, 6.07) is 7.72. The zero-order valence-corrected chi connectivity index (χ0v) is 23.0. The minimum atomic E-state index is -1.13. The summed E-state index contributed by atoms with van der Waals surface area (Å²) in [4.78, 5) is 28.9. The maximum absolute atomic E-state index is 13.6. The van der Waals surface area contributed by atoms with Gasteiger partial charge in [-0.1, -0.05) is 38.5 Å². The number of piperidine rings is 1. The molecule has 204 valence electrons. The molecule has 1 amide bonds. The SMILES string of the molecule is CCCC1C(C(=O)N(CCC)CCCC(C)(O)c2ccccc2OC(C)CCC(=O)O)CCCN1C. The van der Waals surface area contributed by atoms with E-state index in [4.69, 9.17) is 9.84 Å². The van der Waals surface area contributed by atoms with Gasteiger partial charge < -0.3 is 24.7 Å². The van der Waals surface area contributed by atoms with Crippen LogP contribution in [0.4, 0.5) is 0 Å². The molecule has 1 aromatic carbocycles. The zero-order valence-electron chi connectivity index (χ0n) is 23.0. The first-order valence-electron chi connectivity index (χ1n) is 13.8. The number of nitrogens with zero attached hydrogens (tertiary/aromatic N) is 2. The van der Waals surface area contributed by atoms with Crippen molar-refractivity contribution in [2.45, 2.75) is 103 Å². The Kier molecular flexibility index (Phi) is 12.2. The number of benzene rings is 1. The third-order valence-corrected chi connectivity index (χ3v) is 7.42. The number of carboxylic acids is 1. The van der Waals surface area contributed by atoms with Gasteiger partial charge in [-0.25, -0.2) is 0 Å². The lowest BCUT2D eigenvalue weighted by molar-refractivity contribution is -0.140. The second kappa shape index (κ2) is 14.6. The quantitative estimate of drug-likeness (QED) is 0.347. The van der Waals surface area contributed by atoms with Crippen LogP contribution in [0, 0.1) is 5.92 Å². The first kappa shape index (κ1) is 30.1. The fourth-order valence-electron chi connectivity index (χ4n) is 5.43. The number of likely N-dealkylation sites (tertiary alicyclic amines) is 1. The van der Waals surface area contributed by atoms with Gasteiger partial charge in [-0.05, 0) is 78.5 Å². The number of hydrogen-bond acceptors (Lipinski definition) is 5. The Balaban J connectivity index is 2.04. The average Bonchev–Trinajstić information content (AvgIpc) is 2.83. The molecule has 36 heavy (non-hydrogen) atoms. The Morgan fingerprint density at radius 2 is 1.94 bits per heavy atom. The molecule has 0 spiro atoms. The van der Waals surface area contributed by atoms with Gasteiger partial charge in [-0.15, -0.1) is 0 Å². The maximum atomic E-state index is 13.6. The number of amides is 1. The molecule has 2 N–H and O–H groups in total. The normalized spacial score (nSPS) is 20.9. The van der Waals surface area contributed by atoms with Crippen molar-refractivity contribution >= 4 is 11.9 Å². The molecule has 1 heterocycles. The molecule has 0 saturated carbocycles. The number of rotatable bonds is 15. The zero-order chi connectivity index (χ0) is 26.7. The lowest BCUT2D eigenvalue weighted by atomic mass is 9.85. The molecular formula is C29H48N2O5. The number of aliphatic carboxylic acids is 1. The largest absolute Gasteiger partial charge is 0.490 e. The predicted octanol–water partition coefficient (Wildman–Crippen LogP) is 5.06. The molecule has 1 aliphatic heterocycles. The van der Waals surface area contributed by atoms with Crippen molar-refractivity contribution in [3.05, 3.63) is 29.8 Å². The summed E-state index contributed by atoms with van der Waals surface area (Å²) in [7, 11) is 2.14. The number of carboxylic acid groups (broad SMARTS) is 1. The van der Waals surface area contributed by atoms with Crippen molar-refractivity contribution in [1.29, 1.82) is 0 Å². The van der Waals surface area contributed by atoms with Crippen LogP contribution in [0.1, 0.15) is 91.0 Å². The number of carbonyl (C=O) groups is 2. The van der Waals surface area contributed by atoms with E-state index in [1.807, 2.05) is 36.1 Å². The van der Waals surface area contributed by atoms with Gasteiger partial charge >= 0.3 is 5.97 Å².